The molecule has 0 unspecified atom stereocenters. The fraction of sp³-hybridized carbons (Fsp3) is 0.500. The lowest BCUT2D eigenvalue weighted by molar-refractivity contribution is -0.137. The van der Waals surface area contributed by atoms with E-state index in [1.54, 1.807) is 0 Å². The average molecular weight is 345 g/mol. The number of alkyl halides is 3. The maximum absolute atomic E-state index is 12.7. The molecule has 2 N–H and O–H groups in total. The zero-order chi connectivity index (χ0) is 16.1. The van der Waals surface area contributed by atoms with Gasteiger partial charge in [0.1, 0.15) is 0 Å². The van der Waals surface area contributed by atoms with Crippen LogP contribution in [-0.2, 0) is 16.2 Å². The van der Waals surface area contributed by atoms with E-state index in [-0.39, 0.29) is 6.54 Å². The molecule has 0 aliphatic heterocycles. The first kappa shape index (κ1) is 18.2. The number of benzene rings is 1. The first-order chi connectivity index (χ1) is 9.68. The lowest BCUT2D eigenvalue weighted by Gasteiger charge is -2.12. The van der Waals surface area contributed by atoms with Crippen molar-refractivity contribution in [2.24, 2.45) is 0 Å². The molecule has 0 aliphatic rings. The summed E-state index contributed by atoms with van der Waals surface area (Å²) in [5, 5.41) is 2.44. The molecular weight excluding hydrogens is 329 g/mol. The molecule has 0 radical (unpaired) electrons. The normalized spacial score (nSPS) is 12.6. The van der Waals surface area contributed by atoms with Crippen molar-refractivity contribution in [1.29, 1.82) is 0 Å². The maximum Gasteiger partial charge on any atom is 0.417 e. The van der Waals surface area contributed by atoms with Gasteiger partial charge in [0.15, 0.2) is 0 Å². The lowest BCUT2D eigenvalue weighted by Crippen LogP contribution is -2.32. The molecule has 0 heterocycles. The van der Waals surface area contributed by atoms with Gasteiger partial charge in [0.05, 0.1) is 15.5 Å². The summed E-state index contributed by atoms with van der Waals surface area (Å²) in [4.78, 5) is -0.463. The predicted octanol–water partition coefficient (Wildman–Crippen LogP) is 2.64. The van der Waals surface area contributed by atoms with Gasteiger partial charge < -0.3 is 5.32 Å². The summed E-state index contributed by atoms with van der Waals surface area (Å²) in [6, 6.07) is 2.50. The molecule has 0 saturated carbocycles. The Kier molecular flexibility index (Phi) is 6.45. The second-order valence-corrected chi connectivity index (χ2v) is 6.46. The standard InChI is InChI=1S/C12H16ClF3N2O2S/c1-2-5-17-6-7-18-21(19,20)9-3-4-11(13)10(8-9)12(14,15)16/h3-4,8,17-18H,2,5-7H2,1H3. The molecular formula is C12H16ClF3N2O2S. The summed E-state index contributed by atoms with van der Waals surface area (Å²) >= 11 is 5.45. The van der Waals surface area contributed by atoms with Crippen LogP contribution in [0.25, 0.3) is 0 Å². The van der Waals surface area contributed by atoms with Crippen LogP contribution < -0.4 is 10.0 Å². The minimum absolute atomic E-state index is 0.0896. The quantitative estimate of drug-likeness (QED) is 0.748. The molecule has 1 rings (SSSR count). The van der Waals surface area contributed by atoms with Gasteiger partial charge in [-0.05, 0) is 31.2 Å². The smallest absolute Gasteiger partial charge is 0.315 e. The van der Waals surface area contributed by atoms with Crippen molar-refractivity contribution in [3.63, 3.8) is 0 Å². The molecule has 4 nitrogen and oxygen atoms in total. The lowest BCUT2D eigenvalue weighted by atomic mass is 10.2. The Bertz CT molecular complexity index is 576. The predicted molar refractivity (Wildman–Crippen MR) is 74.8 cm³/mol. The fourth-order valence-electron chi connectivity index (χ4n) is 1.55. The third-order valence-corrected chi connectivity index (χ3v) is 4.36. The minimum Gasteiger partial charge on any atom is -0.315 e. The van der Waals surface area contributed by atoms with Crippen molar-refractivity contribution in [3.8, 4) is 0 Å². The monoisotopic (exact) mass is 344 g/mol. The Balaban J connectivity index is 2.84. The Morgan fingerprint density at radius 2 is 1.86 bits per heavy atom. The van der Waals surface area contributed by atoms with Crippen molar-refractivity contribution in [2.45, 2.75) is 24.4 Å². The number of hydrogen-bond acceptors (Lipinski definition) is 3. The summed E-state index contributed by atoms with van der Waals surface area (Å²) in [5.41, 5.74) is -1.17. The van der Waals surface area contributed by atoms with Crippen LogP contribution in [0.15, 0.2) is 23.1 Å². The summed E-state index contributed by atoms with van der Waals surface area (Å²) < 4.78 is 64.1. The Labute approximate surface area is 126 Å². The van der Waals surface area contributed by atoms with Gasteiger partial charge in [0.2, 0.25) is 10.0 Å². The van der Waals surface area contributed by atoms with Gasteiger partial charge in [-0.15, -0.1) is 0 Å². The van der Waals surface area contributed by atoms with Gasteiger partial charge in [0.25, 0.3) is 0 Å². The highest BCUT2D eigenvalue weighted by atomic mass is 35.5. The molecule has 0 aromatic heterocycles. The highest BCUT2D eigenvalue weighted by molar-refractivity contribution is 7.89. The molecule has 0 fully saturated rings. The highest BCUT2D eigenvalue weighted by Crippen LogP contribution is 2.35. The average Bonchev–Trinajstić information content (AvgIpc) is 2.37. The molecule has 120 valence electrons. The van der Waals surface area contributed by atoms with Crippen molar-refractivity contribution in [1.82, 2.24) is 10.0 Å². The van der Waals surface area contributed by atoms with Crippen LogP contribution in [0.5, 0.6) is 0 Å². The molecule has 0 spiro atoms. The summed E-state index contributed by atoms with van der Waals surface area (Å²) in [5.74, 6) is 0. The first-order valence-electron chi connectivity index (χ1n) is 6.25. The number of nitrogens with one attached hydrogen (secondary N) is 2. The zero-order valence-corrected chi connectivity index (χ0v) is 12.9. The van der Waals surface area contributed by atoms with E-state index in [1.165, 1.54) is 0 Å². The summed E-state index contributed by atoms with van der Waals surface area (Å²) in [6.07, 6.45) is -3.80. The van der Waals surface area contributed by atoms with E-state index < -0.39 is 31.7 Å². The fourth-order valence-corrected chi connectivity index (χ4v) is 2.83. The molecule has 0 amide bonds. The van der Waals surface area contributed by atoms with E-state index >= 15 is 0 Å². The SMILES string of the molecule is CCCNCCNS(=O)(=O)c1ccc(Cl)c(C(F)(F)F)c1. The van der Waals surface area contributed by atoms with E-state index in [4.69, 9.17) is 11.6 Å². The van der Waals surface area contributed by atoms with Crippen LogP contribution in [0.2, 0.25) is 5.02 Å². The Morgan fingerprint density at radius 1 is 1.19 bits per heavy atom. The second kappa shape index (κ2) is 7.44. The third kappa shape index (κ3) is 5.46. The van der Waals surface area contributed by atoms with Gasteiger partial charge in [0, 0.05) is 13.1 Å². The van der Waals surface area contributed by atoms with Crippen LogP contribution in [0, 0.1) is 0 Å². The van der Waals surface area contributed by atoms with E-state index in [2.05, 4.69) is 10.0 Å². The molecule has 1 aromatic carbocycles. The van der Waals surface area contributed by atoms with Gasteiger partial charge in [-0.3, -0.25) is 0 Å². The van der Waals surface area contributed by atoms with Crippen LogP contribution in [-0.4, -0.2) is 28.1 Å². The number of hydrogen-bond donors (Lipinski definition) is 2. The molecule has 0 bridgehead atoms. The number of rotatable bonds is 7. The van der Waals surface area contributed by atoms with Crippen molar-refractivity contribution >= 4 is 21.6 Å². The summed E-state index contributed by atoms with van der Waals surface area (Å²) in [7, 11) is -4.00. The van der Waals surface area contributed by atoms with Crippen LogP contribution in [0.3, 0.4) is 0 Å². The van der Waals surface area contributed by atoms with E-state index in [0.29, 0.717) is 12.6 Å². The highest BCUT2D eigenvalue weighted by Gasteiger charge is 2.34. The molecule has 0 aliphatic carbocycles. The topological polar surface area (TPSA) is 58.2 Å². The third-order valence-electron chi connectivity index (χ3n) is 2.57. The molecule has 0 saturated heterocycles. The van der Waals surface area contributed by atoms with Crippen molar-refractivity contribution in [3.05, 3.63) is 28.8 Å². The molecule has 21 heavy (non-hydrogen) atoms. The van der Waals surface area contributed by atoms with Gasteiger partial charge in [-0.1, -0.05) is 18.5 Å². The minimum atomic E-state index is -4.70. The maximum atomic E-state index is 12.7. The molecule has 1 aromatic rings. The van der Waals surface area contributed by atoms with Gasteiger partial charge in [-0.25, -0.2) is 13.1 Å². The van der Waals surface area contributed by atoms with Crippen LogP contribution >= 0.6 is 11.6 Å². The van der Waals surface area contributed by atoms with Crippen molar-refractivity contribution in [2.75, 3.05) is 19.6 Å². The van der Waals surface area contributed by atoms with E-state index in [9.17, 15) is 21.6 Å². The molecule has 9 heteroatoms. The first-order valence-corrected chi connectivity index (χ1v) is 8.11. The Morgan fingerprint density at radius 3 is 2.43 bits per heavy atom. The summed E-state index contributed by atoms with van der Waals surface area (Å²) in [6.45, 7) is 3.18. The van der Waals surface area contributed by atoms with Crippen molar-refractivity contribution < 1.29 is 21.6 Å². The van der Waals surface area contributed by atoms with E-state index in [0.717, 1.165) is 25.1 Å². The number of sulfonamides is 1. The zero-order valence-electron chi connectivity index (χ0n) is 11.3. The van der Waals surface area contributed by atoms with Gasteiger partial charge >= 0.3 is 6.18 Å². The van der Waals surface area contributed by atoms with Gasteiger partial charge in [-0.2, -0.15) is 13.2 Å². The second-order valence-electron chi connectivity index (χ2n) is 4.29. The largest absolute Gasteiger partial charge is 0.417 e. The Hall–Kier alpha value is -0.830. The van der Waals surface area contributed by atoms with Crippen LogP contribution in [0.4, 0.5) is 13.2 Å². The molecule has 0 atom stereocenters. The number of halogens is 4. The van der Waals surface area contributed by atoms with E-state index in [1.807, 2.05) is 6.92 Å². The van der Waals surface area contributed by atoms with Crippen LogP contribution in [0.1, 0.15) is 18.9 Å².